The van der Waals surface area contributed by atoms with Crippen LogP contribution in [0.15, 0.2) is 48.5 Å². The maximum Gasteiger partial charge on any atom is 0.225 e. The Morgan fingerprint density at radius 3 is 2.62 bits per heavy atom. The highest BCUT2D eigenvalue weighted by atomic mass is 32.2. The van der Waals surface area contributed by atoms with Crippen LogP contribution in [-0.2, 0) is 20.4 Å². The molecule has 0 saturated carbocycles. The molecule has 0 aliphatic heterocycles. The highest BCUT2D eigenvalue weighted by Crippen LogP contribution is 2.16. The van der Waals surface area contributed by atoms with Gasteiger partial charge < -0.3 is 10.1 Å². The molecular weight excluding hydrogens is 333 g/mol. The zero-order valence-corrected chi connectivity index (χ0v) is 14.0. The van der Waals surface area contributed by atoms with Crippen LogP contribution in [0.5, 0.6) is 5.75 Å². The second kappa shape index (κ2) is 7.92. The third-order valence-corrected chi connectivity index (χ3v) is 4.87. The third-order valence-electron chi connectivity index (χ3n) is 3.27. The van der Waals surface area contributed by atoms with Crippen LogP contribution < -0.4 is 10.1 Å². The summed E-state index contributed by atoms with van der Waals surface area (Å²) in [5.74, 6) is -0.831. The first-order valence-electron chi connectivity index (χ1n) is 7.27. The van der Waals surface area contributed by atoms with E-state index < -0.39 is 21.6 Å². The third kappa shape index (κ3) is 5.66. The fourth-order valence-corrected chi connectivity index (χ4v) is 3.45. The minimum atomic E-state index is -3.45. The predicted molar refractivity (Wildman–Crippen MR) is 90.1 cm³/mol. The molecule has 5 nitrogen and oxygen atoms in total. The number of amides is 1. The summed E-state index contributed by atoms with van der Waals surface area (Å²) in [6.45, 7) is 0. The van der Waals surface area contributed by atoms with E-state index in [1.54, 1.807) is 24.3 Å². The van der Waals surface area contributed by atoms with Crippen LogP contribution in [0.4, 0.5) is 10.1 Å². The number of methoxy groups -OCH3 is 1. The quantitative estimate of drug-likeness (QED) is 0.832. The van der Waals surface area contributed by atoms with Crippen molar-refractivity contribution in [1.29, 1.82) is 0 Å². The van der Waals surface area contributed by atoms with E-state index in [-0.39, 0.29) is 17.9 Å². The molecule has 128 valence electrons. The Morgan fingerprint density at radius 2 is 1.92 bits per heavy atom. The van der Waals surface area contributed by atoms with E-state index in [0.29, 0.717) is 17.0 Å². The molecule has 1 amide bonds. The number of benzene rings is 2. The number of ether oxygens (including phenoxy) is 1. The molecule has 0 aliphatic rings. The average molecular weight is 351 g/mol. The molecule has 24 heavy (non-hydrogen) atoms. The molecule has 0 radical (unpaired) electrons. The predicted octanol–water partition coefficient (Wildman–Crippen LogP) is 2.78. The Balaban J connectivity index is 1.90. The molecule has 0 fully saturated rings. The van der Waals surface area contributed by atoms with Crippen molar-refractivity contribution in [2.45, 2.75) is 12.2 Å². The van der Waals surface area contributed by atoms with E-state index in [4.69, 9.17) is 4.74 Å². The lowest BCUT2D eigenvalue weighted by atomic mass is 10.2. The average Bonchev–Trinajstić information content (AvgIpc) is 2.53. The van der Waals surface area contributed by atoms with Gasteiger partial charge in [0.05, 0.1) is 18.6 Å². The minimum Gasteiger partial charge on any atom is -0.497 e. The summed E-state index contributed by atoms with van der Waals surface area (Å²) in [4.78, 5) is 11.8. The Bertz CT molecular complexity index is 821. The molecule has 0 spiro atoms. The highest BCUT2D eigenvalue weighted by molar-refractivity contribution is 7.90. The zero-order chi connectivity index (χ0) is 17.6. The molecule has 0 saturated heterocycles. The van der Waals surface area contributed by atoms with Crippen molar-refractivity contribution in [1.82, 2.24) is 0 Å². The molecule has 2 aromatic carbocycles. The monoisotopic (exact) mass is 351 g/mol. The molecular formula is C17H18FNO4S. The van der Waals surface area contributed by atoms with Crippen molar-refractivity contribution in [2.24, 2.45) is 0 Å². The van der Waals surface area contributed by atoms with Gasteiger partial charge in [-0.15, -0.1) is 0 Å². The first-order chi connectivity index (χ1) is 11.4. The Morgan fingerprint density at radius 1 is 1.17 bits per heavy atom. The minimum absolute atomic E-state index is 0.169. The molecule has 0 aliphatic carbocycles. The number of rotatable bonds is 7. The fourth-order valence-electron chi connectivity index (χ4n) is 2.13. The van der Waals surface area contributed by atoms with Gasteiger partial charge in [0.1, 0.15) is 11.6 Å². The van der Waals surface area contributed by atoms with Gasteiger partial charge in [0, 0.05) is 12.1 Å². The molecule has 2 aromatic rings. The Labute approximate surface area is 140 Å². The molecule has 2 rings (SSSR count). The molecule has 0 unspecified atom stereocenters. The van der Waals surface area contributed by atoms with Crippen molar-refractivity contribution in [3.8, 4) is 5.75 Å². The van der Waals surface area contributed by atoms with E-state index >= 15 is 0 Å². The number of halogens is 1. The van der Waals surface area contributed by atoms with Crippen LogP contribution >= 0.6 is 0 Å². The van der Waals surface area contributed by atoms with Crippen LogP contribution in [0.3, 0.4) is 0 Å². The maximum atomic E-state index is 13.0. The first-order valence-corrected chi connectivity index (χ1v) is 9.09. The van der Waals surface area contributed by atoms with Crippen LogP contribution in [0.2, 0.25) is 0 Å². The van der Waals surface area contributed by atoms with Crippen LogP contribution in [0.25, 0.3) is 0 Å². The summed E-state index contributed by atoms with van der Waals surface area (Å²) in [6.07, 6.45) is -0.192. The molecule has 0 heterocycles. The fraction of sp³-hybridized carbons (Fsp3) is 0.235. The smallest absolute Gasteiger partial charge is 0.225 e. The van der Waals surface area contributed by atoms with Gasteiger partial charge in [0.15, 0.2) is 9.84 Å². The topological polar surface area (TPSA) is 72.5 Å². The van der Waals surface area contributed by atoms with Gasteiger partial charge in [-0.2, -0.15) is 0 Å². The van der Waals surface area contributed by atoms with Crippen molar-refractivity contribution in [2.75, 3.05) is 18.2 Å². The van der Waals surface area contributed by atoms with Crippen LogP contribution in [-0.4, -0.2) is 27.2 Å². The highest BCUT2D eigenvalue weighted by Gasteiger charge is 2.15. The number of carbonyl (C=O) groups excluding carboxylic acids is 1. The number of hydrogen-bond donors (Lipinski definition) is 1. The van der Waals surface area contributed by atoms with E-state index in [1.807, 2.05) is 0 Å². The first kappa shape index (κ1) is 17.9. The van der Waals surface area contributed by atoms with E-state index in [0.717, 1.165) is 0 Å². The SMILES string of the molecule is COc1cccc(CS(=O)(=O)CCC(=O)Nc2cccc(F)c2)c1. The van der Waals surface area contributed by atoms with Crippen LogP contribution in [0, 0.1) is 5.82 Å². The van der Waals surface area contributed by atoms with Crippen molar-refractivity contribution >= 4 is 21.4 Å². The molecule has 0 aromatic heterocycles. The standard InChI is InChI=1S/C17H18FNO4S/c1-23-16-7-2-4-13(10-16)12-24(21,22)9-8-17(20)19-15-6-3-5-14(18)11-15/h2-7,10-11H,8-9,12H2,1H3,(H,19,20). The number of nitrogens with one attached hydrogen (secondary N) is 1. The van der Waals surface area contributed by atoms with Gasteiger partial charge in [-0.25, -0.2) is 12.8 Å². The van der Waals surface area contributed by atoms with Crippen LogP contribution in [0.1, 0.15) is 12.0 Å². The van der Waals surface area contributed by atoms with Gasteiger partial charge in [-0.05, 0) is 35.9 Å². The summed E-state index contributed by atoms with van der Waals surface area (Å²) in [7, 11) is -1.94. The largest absolute Gasteiger partial charge is 0.497 e. The second-order valence-corrected chi connectivity index (χ2v) is 7.44. The lowest BCUT2D eigenvalue weighted by Gasteiger charge is -2.07. The maximum absolute atomic E-state index is 13.0. The van der Waals surface area contributed by atoms with Crippen molar-refractivity contribution in [3.05, 3.63) is 59.9 Å². The molecule has 1 N–H and O–H groups in total. The Hall–Kier alpha value is -2.41. The number of anilines is 1. The van der Waals surface area contributed by atoms with Gasteiger partial charge in [0.2, 0.25) is 5.91 Å². The summed E-state index contributed by atoms with van der Waals surface area (Å²) in [5.41, 5.74) is 0.894. The Kier molecular flexibility index (Phi) is 5.92. The summed E-state index contributed by atoms with van der Waals surface area (Å²) >= 11 is 0. The van der Waals surface area contributed by atoms with E-state index in [9.17, 15) is 17.6 Å². The van der Waals surface area contributed by atoms with Crippen molar-refractivity contribution < 1.29 is 22.3 Å². The lowest BCUT2D eigenvalue weighted by Crippen LogP contribution is -2.18. The summed E-state index contributed by atoms with van der Waals surface area (Å²) in [6, 6.07) is 12.2. The zero-order valence-electron chi connectivity index (χ0n) is 13.2. The van der Waals surface area contributed by atoms with E-state index in [2.05, 4.69) is 5.32 Å². The molecule has 0 atom stereocenters. The second-order valence-electron chi connectivity index (χ2n) is 5.25. The number of hydrogen-bond acceptors (Lipinski definition) is 4. The summed E-state index contributed by atoms with van der Waals surface area (Å²) < 4.78 is 42.4. The van der Waals surface area contributed by atoms with Gasteiger partial charge in [-0.3, -0.25) is 4.79 Å². The molecule has 0 bridgehead atoms. The normalized spacial score (nSPS) is 11.1. The lowest BCUT2D eigenvalue weighted by molar-refractivity contribution is -0.115. The van der Waals surface area contributed by atoms with Gasteiger partial charge in [0.25, 0.3) is 0 Å². The van der Waals surface area contributed by atoms with Gasteiger partial charge in [-0.1, -0.05) is 18.2 Å². The number of sulfone groups is 1. The van der Waals surface area contributed by atoms with Crippen molar-refractivity contribution in [3.63, 3.8) is 0 Å². The van der Waals surface area contributed by atoms with E-state index in [1.165, 1.54) is 31.4 Å². The van der Waals surface area contributed by atoms with Gasteiger partial charge >= 0.3 is 0 Å². The summed E-state index contributed by atoms with van der Waals surface area (Å²) in [5, 5.41) is 2.47. The molecule has 7 heteroatoms. The number of carbonyl (C=O) groups is 1.